The summed E-state index contributed by atoms with van der Waals surface area (Å²) in [4.78, 5) is 13.1. The van der Waals surface area contributed by atoms with Crippen LogP contribution >= 0.6 is 11.6 Å². The van der Waals surface area contributed by atoms with Gasteiger partial charge in [0.25, 0.3) is 0 Å². The van der Waals surface area contributed by atoms with E-state index >= 15 is 0 Å². The Kier molecular flexibility index (Phi) is 6.92. The van der Waals surface area contributed by atoms with Crippen molar-refractivity contribution in [2.75, 3.05) is 5.32 Å². The summed E-state index contributed by atoms with van der Waals surface area (Å²) in [6, 6.07) is 19.7. The summed E-state index contributed by atoms with van der Waals surface area (Å²) in [6.45, 7) is 3.94. The summed E-state index contributed by atoms with van der Waals surface area (Å²) < 4.78 is 28.3. The average molecular weight is 443 g/mol. The molecule has 0 bridgehead atoms. The van der Waals surface area contributed by atoms with Crippen LogP contribution in [0, 0.1) is 13.8 Å². The molecule has 0 heterocycles. The molecule has 7 heteroatoms. The van der Waals surface area contributed by atoms with Crippen LogP contribution in [0.1, 0.15) is 16.7 Å². The quantitative estimate of drug-likeness (QED) is 0.566. The predicted molar refractivity (Wildman–Crippen MR) is 120 cm³/mol. The molecule has 156 valence electrons. The second-order valence-corrected chi connectivity index (χ2v) is 9.26. The molecule has 3 rings (SSSR count). The first-order valence-corrected chi connectivity index (χ1v) is 11.3. The van der Waals surface area contributed by atoms with Crippen LogP contribution in [0.25, 0.3) is 0 Å². The lowest BCUT2D eigenvalue weighted by atomic mass is 10.1. The molecule has 0 fully saturated rings. The molecule has 5 nitrogen and oxygen atoms in total. The maximum Gasteiger partial charge on any atom is 0.242 e. The number of rotatable bonds is 7. The Balaban J connectivity index is 1.86. The lowest BCUT2D eigenvalue weighted by molar-refractivity contribution is -0.117. The van der Waals surface area contributed by atoms with E-state index in [0.29, 0.717) is 10.7 Å². The first-order valence-electron chi connectivity index (χ1n) is 9.44. The summed E-state index contributed by atoms with van der Waals surface area (Å²) in [7, 11) is -3.92. The van der Waals surface area contributed by atoms with Gasteiger partial charge >= 0.3 is 0 Å². The molecule has 0 unspecified atom stereocenters. The highest BCUT2D eigenvalue weighted by Gasteiger charge is 2.26. The molecule has 30 heavy (non-hydrogen) atoms. The Hall–Kier alpha value is -2.67. The molecule has 3 aromatic rings. The molecule has 3 aromatic carbocycles. The van der Waals surface area contributed by atoms with E-state index in [9.17, 15) is 13.2 Å². The number of carbonyl (C=O) groups excluding carboxylic acids is 1. The Morgan fingerprint density at radius 1 is 0.933 bits per heavy atom. The van der Waals surface area contributed by atoms with Crippen LogP contribution in [0.4, 0.5) is 5.69 Å². The molecule has 0 radical (unpaired) electrons. The second kappa shape index (κ2) is 9.43. The van der Waals surface area contributed by atoms with Crippen molar-refractivity contribution in [3.8, 4) is 0 Å². The smallest absolute Gasteiger partial charge is 0.242 e. The van der Waals surface area contributed by atoms with Gasteiger partial charge < -0.3 is 5.32 Å². The minimum absolute atomic E-state index is 0.0453. The van der Waals surface area contributed by atoms with Gasteiger partial charge in [-0.15, -0.1) is 0 Å². The standard InChI is InChI=1S/C23H23ClN2O3S/c1-16-8-11-20(14-17(16)2)25-23(27)22(15-18-6-4-3-5-7-18)26-30(28,29)21-12-9-19(24)10-13-21/h3-14,22,26H,15H2,1-2H3,(H,25,27)/t22-/m1/s1. The summed E-state index contributed by atoms with van der Waals surface area (Å²) in [5.41, 5.74) is 3.61. The summed E-state index contributed by atoms with van der Waals surface area (Å²) in [5.74, 6) is -0.431. The van der Waals surface area contributed by atoms with Gasteiger partial charge in [-0.1, -0.05) is 48.0 Å². The Morgan fingerprint density at radius 2 is 1.60 bits per heavy atom. The van der Waals surface area contributed by atoms with E-state index in [4.69, 9.17) is 11.6 Å². The van der Waals surface area contributed by atoms with Gasteiger partial charge in [-0.25, -0.2) is 8.42 Å². The molecule has 0 spiro atoms. The van der Waals surface area contributed by atoms with Crippen molar-refractivity contribution >= 4 is 33.2 Å². The third-order valence-corrected chi connectivity index (χ3v) is 6.53. The van der Waals surface area contributed by atoms with Crippen molar-refractivity contribution < 1.29 is 13.2 Å². The highest BCUT2D eigenvalue weighted by molar-refractivity contribution is 7.89. The van der Waals surface area contributed by atoms with Crippen LogP contribution in [0.15, 0.2) is 77.7 Å². The summed E-state index contributed by atoms with van der Waals surface area (Å²) >= 11 is 5.86. The minimum atomic E-state index is -3.92. The number of hydrogen-bond donors (Lipinski definition) is 2. The lowest BCUT2D eigenvalue weighted by Gasteiger charge is -2.19. The fourth-order valence-electron chi connectivity index (χ4n) is 2.96. The Bertz CT molecular complexity index is 1130. The van der Waals surface area contributed by atoms with Crippen molar-refractivity contribution in [1.82, 2.24) is 4.72 Å². The molecule has 0 aliphatic rings. The van der Waals surface area contributed by atoms with E-state index in [1.807, 2.05) is 56.3 Å². The van der Waals surface area contributed by atoms with E-state index in [0.717, 1.165) is 16.7 Å². The monoisotopic (exact) mass is 442 g/mol. The van der Waals surface area contributed by atoms with Crippen molar-refractivity contribution in [1.29, 1.82) is 0 Å². The zero-order chi connectivity index (χ0) is 21.7. The van der Waals surface area contributed by atoms with Gasteiger partial charge in [-0.3, -0.25) is 4.79 Å². The van der Waals surface area contributed by atoms with Crippen LogP contribution < -0.4 is 10.0 Å². The third-order valence-electron chi connectivity index (χ3n) is 4.79. The molecule has 0 aromatic heterocycles. The van der Waals surface area contributed by atoms with Gasteiger partial charge in [0.1, 0.15) is 6.04 Å². The minimum Gasteiger partial charge on any atom is -0.325 e. The number of aryl methyl sites for hydroxylation is 2. The lowest BCUT2D eigenvalue weighted by Crippen LogP contribution is -2.45. The molecular formula is C23H23ClN2O3S. The maximum absolute atomic E-state index is 13.0. The zero-order valence-corrected chi connectivity index (χ0v) is 18.3. The Morgan fingerprint density at radius 3 is 2.23 bits per heavy atom. The molecule has 0 aliphatic heterocycles. The van der Waals surface area contributed by atoms with Crippen molar-refractivity contribution in [3.63, 3.8) is 0 Å². The molecular weight excluding hydrogens is 420 g/mol. The number of benzene rings is 3. The zero-order valence-electron chi connectivity index (χ0n) is 16.7. The van der Waals surface area contributed by atoms with E-state index in [2.05, 4.69) is 10.0 Å². The van der Waals surface area contributed by atoms with E-state index in [1.165, 1.54) is 24.3 Å². The SMILES string of the molecule is Cc1ccc(NC(=O)[C@@H](Cc2ccccc2)NS(=O)(=O)c2ccc(Cl)cc2)cc1C. The van der Waals surface area contributed by atoms with Crippen molar-refractivity contribution in [2.45, 2.75) is 31.2 Å². The number of hydrogen-bond acceptors (Lipinski definition) is 3. The van der Waals surface area contributed by atoms with Crippen molar-refractivity contribution in [3.05, 3.63) is 94.5 Å². The van der Waals surface area contributed by atoms with Gasteiger partial charge in [0, 0.05) is 10.7 Å². The maximum atomic E-state index is 13.0. The fraction of sp³-hybridized carbons (Fsp3) is 0.174. The van der Waals surface area contributed by atoms with Crippen LogP contribution in [-0.4, -0.2) is 20.4 Å². The van der Waals surface area contributed by atoms with Gasteiger partial charge in [0.05, 0.1) is 4.90 Å². The Labute approximate surface area is 182 Å². The number of nitrogens with one attached hydrogen (secondary N) is 2. The first-order chi connectivity index (χ1) is 14.2. The molecule has 0 aliphatic carbocycles. The fourth-order valence-corrected chi connectivity index (χ4v) is 4.28. The van der Waals surface area contributed by atoms with Crippen LogP contribution in [0.2, 0.25) is 5.02 Å². The number of anilines is 1. The van der Waals surface area contributed by atoms with Gasteiger partial charge in [-0.05, 0) is 73.4 Å². The molecule has 1 atom stereocenters. The molecule has 0 saturated heterocycles. The topological polar surface area (TPSA) is 75.3 Å². The van der Waals surface area contributed by atoms with Crippen molar-refractivity contribution in [2.24, 2.45) is 0 Å². The van der Waals surface area contributed by atoms with Gasteiger partial charge in [-0.2, -0.15) is 4.72 Å². The highest BCUT2D eigenvalue weighted by atomic mass is 35.5. The second-order valence-electron chi connectivity index (χ2n) is 7.11. The summed E-state index contributed by atoms with van der Waals surface area (Å²) in [6.07, 6.45) is 0.213. The predicted octanol–water partition coefficient (Wildman–Crippen LogP) is 4.49. The van der Waals surface area contributed by atoms with Gasteiger partial charge in [0.2, 0.25) is 15.9 Å². The normalized spacial score (nSPS) is 12.4. The van der Waals surface area contributed by atoms with E-state index in [-0.39, 0.29) is 11.3 Å². The molecule has 1 amide bonds. The number of sulfonamides is 1. The number of carbonyl (C=O) groups is 1. The van der Waals surface area contributed by atoms with E-state index in [1.54, 1.807) is 6.07 Å². The molecule has 2 N–H and O–H groups in total. The van der Waals surface area contributed by atoms with Gasteiger partial charge in [0.15, 0.2) is 0 Å². The number of halogens is 1. The number of amides is 1. The molecule has 0 saturated carbocycles. The van der Waals surface area contributed by atoms with Crippen LogP contribution in [0.5, 0.6) is 0 Å². The first kappa shape index (κ1) is 22.0. The summed E-state index contributed by atoms with van der Waals surface area (Å²) in [5, 5.41) is 3.26. The third kappa shape index (κ3) is 5.69. The van der Waals surface area contributed by atoms with Crippen LogP contribution in [-0.2, 0) is 21.2 Å². The largest absolute Gasteiger partial charge is 0.325 e. The average Bonchev–Trinajstić information content (AvgIpc) is 2.71. The van der Waals surface area contributed by atoms with Crippen LogP contribution in [0.3, 0.4) is 0 Å². The van der Waals surface area contributed by atoms with E-state index < -0.39 is 22.0 Å². The highest BCUT2D eigenvalue weighted by Crippen LogP contribution is 2.17.